The Bertz CT molecular complexity index is 738. The summed E-state index contributed by atoms with van der Waals surface area (Å²) in [7, 11) is 0. The number of hydrogen-bond acceptors (Lipinski definition) is 4. The topological polar surface area (TPSA) is 36.3 Å². The van der Waals surface area contributed by atoms with E-state index in [0.29, 0.717) is 11.9 Å². The summed E-state index contributed by atoms with van der Waals surface area (Å²) in [6.07, 6.45) is 14.0. The summed E-state index contributed by atoms with van der Waals surface area (Å²) < 4.78 is 15.1. The summed E-state index contributed by atoms with van der Waals surface area (Å²) in [5.74, 6) is -0.632. The molecule has 1 aliphatic carbocycles. The molecule has 3 atom stereocenters. The minimum Gasteiger partial charge on any atom is -0.344 e. The van der Waals surface area contributed by atoms with Crippen LogP contribution in [0.25, 0.3) is 0 Å². The Balaban J connectivity index is 0.00000240. The molecule has 1 saturated heterocycles. The van der Waals surface area contributed by atoms with E-state index in [1.54, 1.807) is 0 Å². The molecule has 2 aliphatic rings. The predicted octanol–water partition coefficient (Wildman–Crippen LogP) is 6.29. The Morgan fingerprint density at radius 3 is 2.69 bits per heavy atom. The first-order valence-corrected chi connectivity index (χ1v) is 11.7. The molecule has 0 radical (unpaired) electrons. The minimum absolute atomic E-state index is 0. The zero-order valence-corrected chi connectivity index (χ0v) is 19.2. The van der Waals surface area contributed by atoms with Crippen LogP contribution in [-0.2, 0) is 15.9 Å². The number of hydrogen-bond donors (Lipinski definition) is 0. The molecule has 1 aromatic carbocycles. The third-order valence-corrected chi connectivity index (χ3v) is 7.62. The van der Waals surface area contributed by atoms with Crippen LogP contribution < -0.4 is 0 Å². The van der Waals surface area contributed by atoms with Gasteiger partial charge in [0.05, 0.1) is 19.0 Å². The van der Waals surface area contributed by atoms with Crippen molar-refractivity contribution in [1.29, 1.82) is 0 Å². The fourth-order valence-corrected chi connectivity index (χ4v) is 5.76. The minimum atomic E-state index is -0.632. The SMILES string of the molecule is CC(n1ccnc1)[C@]1(CCc2ccc(Cl)cc2)OC[C@H](SC2CCCCC2)O1.Cl. The van der Waals surface area contributed by atoms with Gasteiger partial charge in [-0.05, 0) is 43.9 Å². The molecule has 0 N–H and O–H groups in total. The third kappa shape index (κ3) is 5.71. The molecule has 1 saturated carbocycles. The zero-order chi connectivity index (χ0) is 19.4. The van der Waals surface area contributed by atoms with Crippen molar-refractivity contribution in [3.05, 3.63) is 53.6 Å². The van der Waals surface area contributed by atoms with Crippen molar-refractivity contribution in [3.8, 4) is 0 Å². The second-order valence-electron chi connectivity index (χ2n) is 7.88. The molecule has 2 fully saturated rings. The van der Waals surface area contributed by atoms with E-state index in [1.807, 2.05) is 42.6 Å². The molecule has 0 bridgehead atoms. The Labute approximate surface area is 189 Å². The Hall–Kier alpha value is -0.720. The summed E-state index contributed by atoms with van der Waals surface area (Å²) in [5.41, 5.74) is 1.36. The summed E-state index contributed by atoms with van der Waals surface area (Å²) in [5, 5.41) is 1.47. The molecule has 4 nitrogen and oxygen atoms in total. The predicted molar refractivity (Wildman–Crippen MR) is 122 cm³/mol. The van der Waals surface area contributed by atoms with Crippen LogP contribution in [0.3, 0.4) is 0 Å². The summed E-state index contributed by atoms with van der Waals surface area (Å²) in [4.78, 5) is 4.22. The molecule has 7 heteroatoms. The van der Waals surface area contributed by atoms with E-state index in [2.05, 4.69) is 28.6 Å². The van der Waals surface area contributed by atoms with Gasteiger partial charge >= 0.3 is 0 Å². The van der Waals surface area contributed by atoms with Crippen LogP contribution in [-0.4, -0.2) is 32.6 Å². The molecule has 29 heavy (non-hydrogen) atoms. The van der Waals surface area contributed by atoms with Gasteiger partial charge < -0.3 is 14.0 Å². The fourth-order valence-electron chi connectivity index (χ4n) is 4.24. The van der Waals surface area contributed by atoms with Gasteiger partial charge in [0.25, 0.3) is 0 Å². The molecule has 0 amide bonds. The number of ether oxygens (including phenoxy) is 2. The fraction of sp³-hybridized carbons (Fsp3) is 0.591. The maximum atomic E-state index is 6.65. The maximum absolute atomic E-state index is 6.65. The standard InChI is InChI=1S/C22H29ClN2O2S.ClH/c1-17(25-14-13-24-16-25)22(12-11-18-7-9-19(23)10-8-18)26-15-21(27-22)28-20-5-3-2-4-6-20;/h7-10,13-14,16-17,20-21H,2-6,11-12,15H2,1H3;1H/t17?,21-,22+;/m0./s1. The zero-order valence-electron chi connectivity index (χ0n) is 16.8. The second kappa shape index (κ2) is 10.5. The van der Waals surface area contributed by atoms with E-state index >= 15 is 0 Å². The van der Waals surface area contributed by atoms with Crippen LogP contribution >= 0.6 is 35.8 Å². The van der Waals surface area contributed by atoms with Crippen LogP contribution in [0.15, 0.2) is 43.0 Å². The van der Waals surface area contributed by atoms with Gasteiger partial charge in [-0.25, -0.2) is 4.98 Å². The first-order valence-electron chi connectivity index (χ1n) is 10.3. The summed E-state index contributed by atoms with van der Waals surface area (Å²) in [6, 6.07) is 8.11. The van der Waals surface area contributed by atoms with Gasteiger partial charge in [-0.3, -0.25) is 0 Å². The highest BCUT2D eigenvalue weighted by molar-refractivity contribution is 8.00. The first kappa shape index (κ1) is 23.0. The molecular formula is C22H30Cl2N2O2S. The van der Waals surface area contributed by atoms with Crippen molar-refractivity contribution in [2.24, 2.45) is 0 Å². The smallest absolute Gasteiger partial charge is 0.190 e. The lowest BCUT2D eigenvalue weighted by Crippen LogP contribution is -2.40. The number of aryl methyl sites for hydroxylation is 1. The Morgan fingerprint density at radius 2 is 2.00 bits per heavy atom. The monoisotopic (exact) mass is 456 g/mol. The van der Waals surface area contributed by atoms with Gasteiger partial charge in [0, 0.05) is 29.1 Å². The summed E-state index contributed by atoms with van der Waals surface area (Å²) >= 11 is 8.01. The quantitative estimate of drug-likeness (QED) is 0.490. The molecular weight excluding hydrogens is 427 g/mol. The lowest BCUT2D eigenvalue weighted by atomic mass is 9.99. The molecule has 1 aromatic heterocycles. The van der Waals surface area contributed by atoms with Crippen molar-refractivity contribution in [3.63, 3.8) is 0 Å². The number of halogens is 2. The van der Waals surface area contributed by atoms with E-state index < -0.39 is 5.79 Å². The third-order valence-electron chi connectivity index (χ3n) is 5.98. The van der Waals surface area contributed by atoms with Crippen molar-refractivity contribution < 1.29 is 9.47 Å². The molecule has 0 spiro atoms. The highest BCUT2D eigenvalue weighted by atomic mass is 35.5. The Morgan fingerprint density at radius 1 is 1.24 bits per heavy atom. The van der Waals surface area contributed by atoms with Gasteiger partial charge in [0.1, 0.15) is 5.44 Å². The van der Waals surface area contributed by atoms with E-state index in [-0.39, 0.29) is 23.9 Å². The van der Waals surface area contributed by atoms with Crippen LogP contribution in [0.4, 0.5) is 0 Å². The van der Waals surface area contributed by atoms with Gasteiger partial charge in [-0.15, -0.1) is 24.2 Å². The first-order chi connectivity index (χ1) is 13.6. The van der Waals surface area contributed by atoms with E-state index in [1.165, 1.54) is 37.7 Å². The van der Waals surface area contributed by atoms with Crippen LogP contribution in [0.5, 0.6) is 0 Å². The van der Waals surface area contributed by atoms with Gasteiger partial charge in [-0.1, -0.05) is 43.0 Å². The lowest BCUT2D eigenvalue weighted by molar-refractivity contribution is -0.193. The number of thioether (sulfide) groups is 1. The largest absolute Gasteiger partial charge is 0.344 e. The average molecular weight is 457 g/mol. The van der Waals surface area contributed by atoms with Crippen molar-refractivity contribution in [2.75, 3.05) is 6.61 Å². The van der Waals surface area contributed by atoms with Crippen LogP contribution in [0, 0.1) is 0 Å². The van der Waals surface area contributed by atoms with E-state index in [9.17, 15) is 0 Å². The van der Waals surface area contributed by atoms with Gasteiger partial charge in [0.15, 0.2) is 5.79 Å². The van der Waals surface area contributed by atoms with Crippen molar-refractivity contribution >= 4 is 35.8 Å². The highest BCUT2D eigenvalue weighted by Crippen LogP contribution is 2.43. The summed E-state index contributed by atoms with van der Waals surface area (Å²) in [6.45, 7) is 2.82. The molecule has 1 aliphatic heterocycles. The molecule has 160 valence electrons. The van der Waals surface area contributed by atoms with Crippen LogP contribution in [0.1, 0.15) is 57.1 Å². The molecule has 1 unspecified atom stereocenters. The molecule has 2 heterocycles. The second-order valence-corrected chi connectivity index (χ2v) is 9.78. The van der Waals surface area contributed by atoms with Gasteiger partial charge in [0.2, 0.25) is 0 Å². The number of benzene rings is 1. The van der Waals surface area contributed by atoms with E-state index in [0.717, 1.165) is 17.9 Å². The number of aromatic nitrogens is 2. The average Bonchev–Trinajstić information content (AvgIpc) is 3.39. The van der Waals surface area contributed by atoms with Crippen molar-refractivity contribution in [2.45, 2.75) is 74.4 Å². The highest BCUT2D eigenvalue weighted by Gasteiger charge is 2.47. The van der Waals surface area contributed by atoms with Gasteiger partial charge in [-0.2, -0.15) is 0 Å². The lowest BCUT2D eigenvalue weighted by Gasteiger charge is -2.35. The molecule has 2 aromatic rings. The number of rotatable bonds is 7. The van der Waals surface area contributed by atoms with Crippen molar-refractivity contribution in [1.82, 2.24) is 9.55 Å². The normalized spacial score (nSPS) is 26.2. The number of nitrogens with zero attached hydrogens (tertiary/aromatic N) is 2. The Kier molecular flexibility index (Phi) is 8.34. The van der Waals surface area contributed by atoms with Crippen LogP contribution in [0.2, 0.25) is 5.02 Å². The maximum Gasteiger partial charge on any atom is 0.190 e. The molecule has 4 rings (SSSR count). The number of imidazole rings is 1. The van der Waals surface area contributed by atoms with E-state index in [4.69, 9.17) is 21.1 Å².